The molecule has 14 nitrogen and oxygen atoms in total. The highest BCUT2D eigenvalue weighted by atomic mass is 32.1. The summed E-state index contributed by atoms with van der Waals surface area (Å²) in [6.45, 7) is 15.2. The third kappa shape index (κ3) is 13.3. The Morgan fingerprint density at radius 1 is 1.00 bits per heavy atom. The first-order valence-electron chi connectivity index (χ1n) is 21.2. The molecule has 62 heavy (non-hydrogen) atoms. The number of nitrogens with zero attached hydrogens (tertiary/aromatic N) is 2. The van der Waals surface area contributed by atoms with Crippen LogP contribution in [0.2, 0.25) is 0 Å². The maximum Gasteiger partial charge on any atom is 0.407 e. The van der Waals surface area contributed by atoms with Gasteiger partial charge in [0.1, 0.15) is 17.7 Å². The summed E-state index contributed by atoms with van der Waals surface area (Å²) in [5, 5.41) is 19.4. The van der Waals surface area contributed by atoms with Gasteiger partial charge < -0.3 is 41.2 Å². The Bertz CT molecular complexity index is 2130. The molecule has 2 aromatic carbocycles. The number of ether oxygens (including phenoxy) is 2. The lowest BCUT2D eigenvalue weighted by atomic mass is 9.84. The smallest absolute Gasteiger partial charge is 0.407 e. The fraction of sp³-hybridized carbons (Fsp3) is 0.532. The molecule has 0 spiro atoms. The number of likely N-dealkylation sites (tertiary alicyclic amines) is 1. The number of aliphatic hydroxyl groups is 1. The molecule has 5 atom stereocenters. The van der Waals surface area contributed by atoms with Crippen LogP contribution in [0.5, 0.6) is 0 Å². The number of carbonyl (C=O) groups excluding carboxylic acids is 5. The second-order valence-corrected chi connectivity index (χ2v) is 19.4. The van der Waals surface area contributed by atoms with Gasteiger partial charge in [0.05, 0.1) is 46.4 Å². The van der Waals surface area contributed by atoms with E-state index in [9.17, 15) is 29.1 Å². The quantitative estimate of drug-likeness (QED) is 0.115. The van der Waals surface area contributed by atoms with Crippen molar-refractivity contribution >= 4 is 41.1 Å². The number of aryl methyl sites for hydroxylation is 1. The number of hydrogen-bond donors (Lipinski definition) is 5. The van der Waals surface area contributed by atoms with Crippen LogP contribution in [0.25, 0.3) is 10.4 Å². The van der Waals surface area contributed by atoms with Crippen molar-refractivity contribution in [3.05, 3.63) is 76.4 Å². The predicted octanol–water partition coefficient (Wildman–Crippen LogP) is 5.51. The molecule has 1 saturated heterocycles. The van der Waals surface area contributed by atoms with E-state index in [1.54, 1.807) is 32.1 Å². The van der Waals surface area contributed by atoms with E-state index >= 15 is 0 Å². The van der Waals surface area contributed by atoms with Crippen LogP contribution in [0.1, 0.15) is 109 Å². The second-order valence-electron chi connectivity index (χ2n) is 18.6. The Labute approximate surface area is 369 Å². The minimum absolute atomic E-state index is 0.00832. The zero-order valence-electron chi connectivity index (χ0n) is 37.1. The third-order valence-electron chi connectivity index (χ3n) is 11.1. The first kappa shape index (κ1) is 47.7. The van der Waals surface area contributed by atoms with E-state index in [0.717, 1.165) is 32.8 Å². The van der Waals surface area contributed by atoms with Crippen molar-refractivity contribution in [1.82, 2.24) is 25.8 Å². The average molecular weight is 871 g/mol. The molecule has 1 aliphatic heterocycles. The van der Waals surface area contributed by atoms with Gasteiger partial charge in [-0.05, 0) is 88.1 Å². The number of amides is 5. The van der Waals surface area contributed by atoms with Crippen LogP contribution in [0.15, 0.2) is 54.0 Å². The molecular weight excluding hydrogens is 809 g/mol. The standard InChI is InChI=1S/C47H62N6O8S/c1-29-39(62-28-50-29)34-17-15-32(16-18-34)25-49-41(56)37-24-35(54)26-53(37)42(57)40(45(3,4)5)52-43(58)47(22-23-47)21-9-10-31-11-13-33(14-12-31)27-60-30(2)36(19-20-38(48)55)51-44(59)61-46(6,7)8/h11-18,28,30,35-37,40,54H,19-27H2,1-8H3,(H2,48,55)(H,49,56)(H,51,59)(H,52,58)/t30-,35-,36+,37+,40-/m1/s1. The maximum atomic E-state index is 14.2. The van der Waals surface area contributed by atoms with E-state index in [4.69, 9.17) is 15.2 Å². The first-order chi connectivity index (χ1) is 29.1. The number of aliphatic hydroxyl groups excluding tert-OH is 1. The largest absolute Gasteiger partial charge is 0.444 e. The van der Waals surface area contributed by atoms with Crippen molar-refractivity contribution in [2.45, 2.75) is 143 Å². The molecular formula is C47H62N6O8S. The zero-order valence-corrected chi connectivity index (χ0v) is 37.9. The molecule has 0 unspecified atom stereocenters. The number of aromatic nitrogens is 1. The molecule has 5 amide bonds. The summed E-state index contributed by atoms with van der Waals surface area (Å²) < 4.78 is 11.4. The van der Waals surface area contributed by atoms with Gasteiger partial charge in [-0.25, -0.2) is 9.78 Å². The number of benzene rings is 2. The Kier molecular flexibility index (Phi) is 15.6. The number of carbonyl (C=O) groups is 5. The van der Waals surface area contributed by atoms with Crippen molar-refractivity contribution in [3.8, 4) is 22.3 Å². The van der Waals surface area contributed by atoms with Crippen molar-refractivity contribution in [3.63, 3.8) is 0 Å². The van der Waals surface area contributed by atoms with Crippen LogP contribution >= 0.6 is 11.3 Å². The summed E-state index contributed by atoms with van der Waals surface area (Å²) in [6.07, 6.45) is 0.131. The highest BCUT2D eigenvalue weighted by Crippen LogP contribution is 2.49. The number of primary amides is 1. The number of alkyl carbamates (subject to hydrolysis) is 1. The summed E-state index contributed by atoms with van der Waals surface area (Å²) in [6, 6.07) is 13.1. The first-order valence-corrected chi connectivity index (χ1v) is 22.1. The van der Waals surface area contributed by atoms with E-state index in [0.29, 0.717) is 25.7 Å². The van der Waals surface area contributed by atoms with Crippen molar-refractivity contribution in [1.29, 1.82) is 0 Å². The normalized spacial score (nSPS) is 18.4. The van der Waals surface area contributed by atoms with E-state index in [1.165, 1.54) is 4.90 Å². The Morgan fingerprint density at radius 3 is 2.24 bits per heavy atom. The Hall–Kier alpha value is -5.30. The molecule has 2 heterocycles. The van der Waals surface area contributed by atoms with E-state index in [-0.39, 0.29) is 44.4 Å². The third-order valence-corrected chi connectivity index (χ3v) is 12.1. The van der Waals surface area contributed by atoms with E-state index < -0.39 is 64.7 Å². The number of nitrogens with one attached hydrogen (secondary N) is 3. The lowest BCUT2D eigenvalue weighted by Crippen LogP contribution is -2.58. The van der Waals surface area contributed by atoms with E-state index in [1.807, 2.05) is 88.7 Å². The molecule has 1 saturated carbocycles. The highest BCUT2D eigenvalue weighted by molar-refractivity contribution is 7.13. The van der Waals surface area contributed by atoms with Gasteiger partial charge in [0, 0.05) is 37.9 Å². The molecule has 1 aliphatic carbocycles. The lowest BCUT2D eigenvalue weighted by molar-refractivity contribution is -0.144. The number of rotatable bonds is 16. The monoisotopic (exact) mass is 870 g/mol. The van der Waals surface area contributed by atoms with Gasteiger partial charge >= 0.3 is 6.09 Å². The predicted molar refractivity (Wildman–Crippen MR) is 237 cm³/mol. The molecule has 334 valence electrons. The summed E-state index contributed by atoms with van der Waals surface area (Å²) in [5.41, 5.74) is 9.61. The molecule has 15 heteroatoms. The van der Waals surface area contributed by atoms with Gasteiger partial charge in [-0.1, -0.05) is 69.0 Å². The second kappa shape index (κ2) is 20.3. The van der Waals surface area contributed by atoms with Gasteiger partial charge in [-0.2, -0.15) is 0 Å². The summed E-state index contributed by atoms with van der Waals surface area (Å²) in [7, 11) is 0. The van der Waals surface area contributed by atoms with Crippen LogP contribution in [0, 0.1) is 29.6 Å². The van der Waals surface area contributed by atoms with Crippen LogP contribution in [0.3, 0.4) is 0 Å². The molecule has 6 N–H and O–H groups in total. The average Bonchev–Trinajstić information content (AvgIpc) is 3.70. The summed E-state index contributed by atoms with van der Waals surface area (Å²) >= 11 is 1.57. The molecule has 5 rings (SSSR count). The fourth-order valence-electron chi connectivity index (χ4n) is 7.22. The van der Waals surface area contributed by atoms with Crippen LogP contribution in [-0.4, -0.2) is 87.2 Å². The number of β-amino-alcohol motifs (C(OH)–C–C–N with tert-alkyl or cyclic N) is 1. The molecule has 3 aromatic rings. The van der Waals surface area contributed by atoms with Gasteiger partial charge in [-0.15, -0.1) is 11.3 Å². The Morgan fingerprint density at radius 2 is 1.66 bits per heavy atom. The van der Waals surface area contributed by atoms with Crippen LogP contribution in [-0.2, 0) is 41.8 Å². The van der Waals surface area contributed by atoms with Crippen molar-refractivity contribution in [2.24, 2.45) is 16.6 Å². The number of hydrogen-bond acceptors (Lipinski definition) is 10. The van der Waals surface area contributed by atoms with Gasteiger partial charge in [-0.3, -0.25) is 19.2 Å². The molecule has 0 radical (unpaired) electrons. The lowest BCUT2D eigenvalue weighted by Gasteiger charge is -2.36. The number of thiazole rings is 1. The fourth-order valence-corrected chi connectivity index (χ4v) is 8.04. The van der Waals surface area contributed by atoms with Crippen LogP contribution < -0.4 is 21.7 Å². The van der Waals surface area contributed by atoms with Gasteiger partial charge in [0.2, 0.25) is 23.6 Å². The van der Waals surface area contributed by atoms with E-state index in [2.05, 4.69) is 32.8 Å². The van der Waals surface area contributed by atoms with Crippen molar-refractivity contribution in [2.75, 3.05) is 6.54 Å². The minimum Gasteiger partial charge on any atom is -0.444 e. The topological polar surface area (TPSA) is 202 Å². The van der Waals surface area contributed by atoms with Crippen molar-refractivity contribution < 1.29 is 38.6 Å². The molecule has 1 aromatic heterocycles. The maximum absolute atomic E-state index is 14.2. The van der Waals surface area contributed by atoms with Crippen LogP contribution in [0.4, 0.5) is 4.79 Å². The molecule has 2 fully saturated rings. The van der Waals surface area contributed by atoms with Gasteiger partial charge in [0.15, 0.2) is 0 Å². The summed E-state index contributed by atoms with van der Waals surface area (Å²) in [4.78, 5) is 72.3. The molecule has 2 aliphatic rings. The highest BCUT2D eigenvalue weighted by Gasteiger charge is 2.52. The summed E-state index contributed by atoms with van der Waals surface area (Å²) in [5.74, 6) is 4.83. The minimum atomic E-state index is -0.937. The number of nitrogens with two attached hydrogens (primary N) is 1. The zero-order chi connectivity index (χ0) is 45.4. The Balaban J connectivity index is 1.14. The SMILES string of the molecule is Cc1ncsc1-c1ccc(CNC(=O)[C@@H]2C[C@@H](O)CN2C(=O)[C@@H](NC(=O)C2(CC#Cc3ccc(CO[C@H](C)[C@H](CCC(N)=O)NC(=O)OC(C)(C)C)cc3)CC2)C(C)(C)C)cc1. The van der Waals surface area contributed by atoms with Gasteiger partial charge in [0.25, 0.3) is 0 Å². The molecule has 0 bridgehead atoms.